The summed E-state index contributed by atoms with van der Waals surface area (Å²) in [7, 11) is 0. The van der Waals surface area contributed by atoms with Crippen molar-refractivity contribution < 1.29 is 4.79 Å². The van der Waals surface area contributed by atoms with Gasteiger partial charge in [0.25, 0.3) is 5.91 Å². The molecule has 1 aliphatic heterocycles. The number of carbonyl (C=O) groups excluding carboxylic acids is 1. The van der Waals surface area contributed by atoms with E-state index in [1.54, 1.807) is 0 Å². The Morgan fingerprint density at radius 2 is 2.00 bits per heavy atom. The minimum absolute atomic E-state index is 0.131. The molecule has 2 aliphatic rings. The summed E-state index contributed by atoms with van der Waals surface area (Å²) in [6, 6.07) is 4.47. The van der Waals surface area contributed by atoms with Crippen molar-refractivity contribution in [3.8, 4) is 0 Å². The van der Waals surface area contributed by atoms with Gasteiger partial charge in [-0.1, -0.05) is 13.8 Å². The molecule has 0 aromatic carbocycles. The van der Waals surface area contributed by atoms with Crippen LogP contribution in [0.15, 0.2) is 24.5 Å². The zero-order valence-corrected chi connectivity index (χ0v) is 17.0. The van der Waals surface area contributed by atoms with Crippen LogP contribution >= 0.6 is 0 Å². The van der Waals surface area contributed by atoms with Crippen LogP contribution in [0.3, 0.4) is 0 Å². The van der Waals surface area contributed by atoms with Crippen LogP contribution in [0.4, 0.5) is 0 Å². The van der Waals surface area contributed by atoms with E-state index in [1.165, 1.54) is 16.8 Å². The van der Waals surface area contributed by atoms with Gasteiger partial charge in [0, 0.05) is 55.9 Å². The quantitative estimate of drug-likeness (QED) is 0.836. The number of aromatic nitrogens is 3. The molecule has 2 aromatic heterocycles. The number of nitrogens with one attached hydrogen (secondary N) is 1. The molecule has 0 saturated carbocycles. The number of carbonyl (C=O) groups is 1. The average molecular weight is 382 g/mol. The molecule has 0 radical (unpaired) electrons. The van der Waals surface area contributed by atoms with Crippen molar-refractivity contribution in [3.63, 3.8) is 0 Å². The van der Waals surface area contributed by atoms with E-state index < -0.39 is 0 Å². The molecule has 1 N–H and O–H groups in total. The third-order valence-corrected chi connectivity index (χ3v) is 5.82. The summed E-state index contributed by atoms with van der Waals surface area (Å²) in [5.74, 6) is 0.646. The summed E-state index contributed by atoms with van der Waals surface area (Å²) in [6.45, 7) is 7.86. The molecule has 4 rings (SSSR count). The Kier molecular flexibility index (Phi) is 5.76. The number of likely N-dealkylation sites (tertiary alicyclic amines) is 1. The molecule has 1 atom stereocenters. The Hall–Kier alpha value is -2.21. The third-order valence-electron chi connectivity index (χ3n) is 5.82. The lowest BCUT2D eigenvalue weighted by Gasteiger charge is -2.25. The standard InChI is InChI=1S/C22H31N5O/c1-16(2)15-27-20-6-5-18(24-14-17-7-9-23-10-8-17)13-19(20)21(25-27)22(28)26-11-3-4-12-26/h7-10,16,18,24H,3-6,11-15H2,1-2H3. The minimum Gasteiger partial charge on any atom is -0.337 e. The maximum Gasteiger partial charge on any atom is 0.274 e. The zero-order valence-electron chi connectivity index (χ0n) is 17.0. The molecule has 3 heterocycles. The van der Waals surface area contributed by atoms with E-state index in [9.17, 15) is 4.79 Å². The van der Waals surface area contributed by atoms with Crippen molar-refractivity contribution in [1.82, 2.24) is 25.0 Å². The number of pyridine rings is 1. The van der Waals surface area contributed by atoms with E-state index in [4.69, 9.17) is 5.10 Å². The van der Waals surface area contributed by atoms with Crippen LogP contribution in [0.25, 0.3) is 0 Å². The van der Waals surface area contributed by atoms with Crippen molar-refractivity contribution in [2.24, 2.45) is 5.92 Å². The molecule has 1 saturated heterocycles. The molecule has 1 unspecified atom stereocenters. The Bertz CT molecular complexity index is 808. The number of hydrogen-bond donors (Lipinski definition) is 1. The molecular formula is C22H31N5O. The van der Waals surface area contributed by atoms with Gasteiger partial charge in [-0.25, -0.2) is 0 Å². The smallest absolute Gasteiger partial charge is 0.274 e. The van der Waals surface area contributed by atoms with Crippen molar-refractivity contribution in [1.29, 1.82) is 0 Å². The van der Waals surface area contributed by atoms with Crippen LogP contribution in [0.5, 0.6) is 0 Å². The lowest BCUT2D eigenvalue weighted by Crippen LogP contribution is -2.35. The lowest BCUT2D eigenvalue weighted by atomic mass is 9.90. The molecular weight excluding hydrogens is 350 g/mol. The van der Waals surface area contributed by atoms with Crippen LogP contribution in [0.1, 0.15) is 60.4 Å². The van der Waals surface area contributed by atoms with Gasteiger partial charge in [-0.05, 0) is 55.7 Å². The van der Waals surface area contributed by atoms with Gasteiger partial charge < -0.3 is 10.2 Å². The predicted molar refractivity (Wildman–Crippen MR) is 109 cm³/mol. The van der Waals surface area contributed by atoms with Crippen molar-refractivity contribution >= 4 is 5.91 Å². The van der Waals surface area contributed by atoms with E-state index >= 15 is 0 Å². The van der Waals surface area contributed by atoms with Gasteiger partial charge >= 0.3 is 0 Å². The van der Waals surface area contributed by atoms with Gasteiger partial charge in [-0.3, -0.25) is 14.5 Å². The van der Waals surface area contributed by atoms with Crippen LogP contribution in [-0.2, 0) is 25.9 Å². The third kappa shape index (κ3) is 4.12. The molecule has 6 nitrogen and oxygen atoms in total. The van der Waals surface area contributed by atoms with Crippen molar-refractivity contribution in [2.45, 2.75) is 65.1 Å². The Morgan fingerprint density at radius 3 is 2.71 bits per heavy atom. The molecule has 6 heteroatoms. The van der Waals surface area contributed by atoms with Gasteiger partial charge in [-0.15, -0.1) is 0 Å². The topological polar surface area (TPSA) is 63.1 Å². The highest BCUT2D eigenvalue weighted by Gasteiger charge is 2.31. The lowest BCUT2D eigenvalue weighted by molar-refractivity contribution is 0.0784. The maximum absolute atomic E-state index is 13.1. The second kappa shape index (κ2) is 8.43. The normalized spacial score (nSPS) is 19.2. The highest BCUT2D eigenvalue weighted by molar-refractivity contribution is 5.94. The first-order chi connectivity index (χ1) is 13.6. The highest BCUT2D eigenvalue weighted by Crippen LogP contribution is 2.27. The summed E-state index contributed by atoms with van der Waals surface area (Å²) in [6.07, 6.45) is 8.83. The minimum atomic E-state index is 0.131. The van der Waals surface area contributed by atoms with Gasteiger partial charge in [0.1, 0.15) is 0 Å². The van der Waals surface area contributed by atoms with Crippen LogP contribution in [-0.4, -0.2) is 44.7 Å². The number of amides is 1. The molecule has 2 aromatic rings. The first-order valence-electron chi connectivity index (χ1n) is 10.6. The molecule has 0 bridgehead atoms. The molecule has 1 amide bonds. The molecule has 1 fully saturated rings. The predicted octanol–water partition coefficient (Wildman–Crippen LogP) is 2.82. The van der Waals surface area contributed by atoms with E-state index in [1.807, 2.05) is 29.4 Å². The number of rotatable bonds is 6. The van der Waals surface area contributed by atoms with E-state index in [0.717, 1.165) is 58.3 Å². The van der Waals surface area contributed by atoms with Crippen molar-refractivity contribution in [3.05, 3.63) is 47.0 Å². The van der Waals surface area contributed by atoms with Gasteiger partial charge in [0.05, 0.1) is 0 Å². The molecule has 28 heavy (non-hydrogen) atoms. The second-order valence-corrected chi connectivity index (χ2v) is 8.53. The highest BCUT2D eigenvalue weighted by atomic mass is 16.2. The summed E-state index contributed by atoms with van der Waals surface area (Å²) in [4.78, 5) is 19.2. The molecule has 1 aliphatic carbocycles. The largest absolute Gasteiger partial charge is 0.337 e. The first-order valence-corrected chi connectivity index (χ1v) is 10.6. The van der Waals surface area contributed by atoms with Crippen LogP contribution < -0.4 is 5.32 Å². The van der Waals surface area contributed by atoms with Crippen molar-refractivity contribution in [2.75, 3.05) is 13.1 Å². The summed E-state index contributed by atoms with van der Waals surface area (Å²) >= 11 is 0. The van der Waals surface area contributed by atoms with Gasteiger partial charge in [-0.2, -0.15) is 5.10 Å². The summed E-state index contributed by atoms with van der Waals surface area (Å²) < 4.78 is 2.11. The van der Waals surface area contributed by atoms with E-state index in [0.29, 0.717) is 17.7 Å². The van der Waals surface area contributed by atoms with E-state index in [2.05, 4.69) is 28.8 Å². The van der Waals surface area contributed by atoms with E-state index in [-0.39, 0.29) is 5.91 Å². The van der Waals surface area contributed by atoms with Crippen LogP contribution in [0, 0.1) is 5.92 Å². The number of fused-ring (bicyclic) bond motifs is 1. The maximum atomic E-state index is 13.1. The van der Waals surface area contributed by atoms with Gasteiger partial charge in [0.2, 0.25) is 0 Å². The average Bonchev–Trinajstić information content (AvgIpc) is 3.35. The zero-order chi connectivity index (χ0) is 19.5. The van der Waals surface area contributed by atoms with Crippen LogP contribution in [0.2, 0.25) is 0 Å². The molecule has 150 valence electrons. The fourth-order valence-electron chi connectivity index (χ4n) is 4.36. The SMILES string of the molecule is CC(C)Cn1nc(C(=O)N2CCCC2)c2c1CCC(NCc1ccncc1)C2. The monoisotopic (exact) mass is 381 g/mol. The first kappa shape index (κ1) is 19.1. The fourth-order valence-corrected chi connectivity index (χ4v) is 4.36. The van der Waals surface area contributed by atoms with Gasteiger partial charge in [0.15, 0.2) is 5.69 Å². The summed E-state index contributed by atoms with van der Waals surface area (Å²) in [5.41, 5.74) is 4.40. The summed E-state index contributed by atoms with van der Waals surface area (Å²) in [5, 5.41) is 8.49. The second-order valence-electron chi connectivity index (χ2n) is 8.53. The Labute approximate surface area is 167 Å². The number of hydrogen-bond acceptors (Lipinski definition) is 4. The molecule has 0 spiro atoms. The fraction of sp³-hybridized carbons (Fsp3) is 0.591. The Morgan fingerprint density at radius 1 is 1.25 bits per heavy atom. The number of nitrogens with zero attached hydrogens (tertiary/aromatic N) is 4. The Balaban J connectivity index is 1.53.